The number of hydrogen-bond acceptors (Lipinski definition) is 4. The van der Waals surface area contributed by atoms with E-state index < -0.39 is 0 Å². The van der Waals surface area contributed by atoms with Gasteiger partial charge in [-0.2, -0.15) is 5.10 Å². The first-order chi connectivity index (χ1) is 9.76. The van der Waals surface area contributed by atoms with E-state index in [1.807, 2.05) is 34.6 Å². The van der Waals surface area contributed by atoms with Crippen LogP contribution in [0.5, 0.6) is 0 Å². The fourth-order valence-electron chi connectivity index (χ4n) is 2.56. The smallest absolute Gasteiger partial charge is 0.225 e. The molecule has 5 nitrogen and oxygen atoms in total. The predicted molar refractivity (Wildman–Crippen MR) is 84.3 cm³/mol. The molecule has 2 rings (SSSR count). The Bertz CT molecular complexity index is 521. The van der Waals surface area contributed by atoms with Crippen molar-refractivity contribution < 1.29 is 4.79 Å². The van der Waals surface area contributed by atoms with E-state index in [1.54, 1.807) is 0 Å². The van der Waals surface area contributed by atoms with Gasteiger partial charge in [-0.3, -0.25) is 4.79 Å². The number of rotatable bonds is 2. The summed E-state index contributed by atoms with van der Waals surface area (Å²) in [6.45, 7) is 11.7. The Balaban J connectivity index is 2.06. The highest BCUT2D eigenvalue weighted by Crippen LogP contribution is 2.23. The third kappa shape index (κ3) is 4.16. The Morgan fingerprint density at radius 1 is 1.33 bits per heavy atom. The molecule has 21 heavy (non-hydrogen) atoms. The Morgan fingerprint density at radius 2 is 2.05 bits per heavy atom. The molecule has 1 aliphatic heterocycles. The van der Waals surface area contributed by atoms with Crippen molar-refractivity contribution in [3.8, 4) is 0 Å². The lowest BCUT2D eigenvalue weighted by molar-refractivity contribution is -0.126. The molecule has 0 radical (unpaired) electrons. The average molecular weight is 290 g/mol. The molecule has 0 bridgehead atoms. The number of nitrogens with zero attached hydrogens (tertiary/aromatic N) is 3. The first kappa shape index (κ1) is 15.7. The molecular formula is C16H26N4O. The quantitative estimate of drug-likeness (QED) is 0.907. The number of carbonyl (C=O) groups excluding carboxylic acids is 1. The Hall–Kier alpha value is -1.65. The predicted octanol–water partition coefficient (Wildman–Crippen LogP) is 2.22. The number of amides is 1. The molecule has 2 heterocycles. The lowest BCUT2D eigenvalue weighted by atomic mass is 9.95. The molecule has 0 saturated carbocycles. The van der Waals surface area contributed by atoms with E-state index in [0.29, 0.717) is 0 Å². The topological polar surface area (TPSA) is 58.1 Å². The van der Waals surface area contributed by atoms with Gasteiger partial charge in [-0.1, -0.05) is 0 Å². The van der Waals surface area contributed by atoms with Crippen molar-refractivity contribution in [3.63, 3.8) is 0 Å². The summed E-state index contributed by atoms with van der Waals surface area (Å²) in [5, 5.41) is 11.5. The van der Waals surface area contributed by atoms with Gasteiger partial charge >= 0.3 is 0 Å². The molecule has 1 atom stereocenters. The lowest BCUT2D eigenvalue weighted by Gasteiger charge is -2.34. The molecule has 1 aromatic rings. The van der Waals surface area contributed by atoms with Crippen LogP contribution in [0.1, 0.15) is 44.9 Å². The molecule has 1 amide bonds. The second-order valence-electron chi connectivity index (χ2n) is 7.00. The van der Waals surface area contributed by atoms with Gasteiger partial charge < -0.3 is 10.2 Å². The number of anilines is 1. The van der Waals surface area contributed by atoms with Crippen molar-refractivity contribution in [1.82, 2.24) is 15.5 Å². The van der Waals surface area contributed by atoms with Crippen LogP contribution in [0.2, 0.25) is 0 Å². The van der Waals surface area contributed by atoms with Crippen LogP contribution >= 0.6 is 0 Å². The number of aryl methyl sites for hydroxylation is 2. The van der Waals surface area contributed by atoms with Crippen LogP contribution < -0.4 is 10.2 Å². The zero-order valence-corrected chi connectivity index (χ0v) is 13.7. The second-order valence-corrected chi connectivity index (χ2v) is 7.00. The number of piperidine rings is 1. The Kier molecular flexibility index (Phi) is 4.49. The zero-order chi connectivity index (χ0) is 15.6. The third-order valence-corrected chi connectivity index (χ3v) is 3.83. The average Bonchev–Trinajstić information content (AvgIpc) is 2.40. The molecule has 0 aliphatic carbocycles. The van der Waals surface area contributed by atoms with Gasteiger partial charge in [-0.15, -0.1) is 5.10 Å². The fraction of sp³-hybridized carbons (Fsp3) is 0.688. The fourth-order valence-corrected chi connectivity index (χ4v) is 2.56. The Morgan fingerprint density at radius 3 is 2.67 bits per heavy atom. The van der Waals surface area contributed by atoms with Gasteiger partial charge in [0.1, 0.15) is 0 Å². The molecule has 1 N–H and O–H groups in total. The van der Waals surface area contributed by atoms with Crippen LogP contribution in [0, 0.1) is 19.8 Å². The summed E-state index contributed by atoms with van der Waals surface area (Å²) in [6.07, 6.45) is 1.95. The van der Waals surface area contributed by atoms with Gasteiger partial charge in [0.2, 0.25) is 5.91 Å². The SMILES string of the molecule is Cc1cc(N2CCCC(C(=O)NC(C)(C)C)C2)nnc1C. The minimum absolute atomic E-state index is 0.0291. The summed E-state index contributed by atoms with van der Waals surface area (Å²) >= 11 is 0. The maximum atomic E-state index is 12.3. The molecule has 1 fully saturated rings. The molecule has 5 heteroatoms. The number of hydrogen-bond donors (Lipinski definition) is 1. The van der Waals surface area contributed by atoms with Crippen molar-refractivity contribution in [2.45, 2.75) is 53.0 Å². The van der Waals surface area contributed by atoms with Crippen LogP contribution in [-0.2, 0) is 4.79 Å². The molecule has 1 aliphatic rings. The van der Waals surface area contributed by atoms with Crippen LogP contribution in [0.25, 0.3) is 0 Å². The van der Waals surface area contributed by atoms with E-state index in [2.05, 4.69) is 26.5 Å². The van der Waals surface area contributed by atoms with Gasteiger partial charge in [-0.05, 0) is 59.1 Å². The van der Waals surface area contributed by atoms with Crippen molar-refractivity contribution in [2.75, 3.05) is 18.0 Å². The zero-order valence-electron chi connectivity index (χ0n) is 13.7. The molecule has 1 saturated heterocycles. The van der Waals surface area contributed by atoms with Crippen LogP contribution in [0.4, 0.5) is 5.82 Å². The maximum absolute atomic E-state index is 12.3. The maximum Gasteiger partial charge on any atom is 0.225 e. The summed E-state index contributed by atoms with van der Waals surface area (Å²) in [4.78, 5) is 14.5. The van der Waals surface area contributed by atoms with Crippen molar-refractivity contribution in [3.05, 3.63) is 17.3 Å². The highest BCUT2D eigenvalue weighted by Gasteiger charge is 2.28. The van der Waals surface area contributed by atoms with Gasteiger partial charge in [-0.25, -0.2) is 0 Å². The largest absolute Gasteiger partial charge is 0.354 e. The highest BCUT2D eigenvalue weighted by atomic mass is 16.2. The first-order valence-corrected chi connectivity index (χ1v) is 7.64. The van der Waals surface area contributed by atoms with Crippen molar-refractivity contribution >= 4 is 11.7 Å². The normalized spacial score (nSPS) is 19.5. The molecular weight excluding hydrogens is 264 g/mol. The van der Waals surface area contributed by atoms with E-state index in [0.717, 1.165) is 43.0 Å². The number of nitrogens with one attached hydrogen (secondary N) is 1. The molecule has 0 aromatic carbocycles. The van der Waals surface area contributed by atoms with E-state index >= 15 is 0 Å². The van der Waals surface area contributed by atoms with E-state index in [9.17, 15) is 4.79 Å². The van der Waals surface area contributed by atoms with Crippen LogP contribution in [0.15, 0.2) is 6.07 Å². The molecule has 116 valence electrons. The van der Waals surface area contributed by atoms with Gasteiger partial charge in [0.15, 0.2) is 5.82 Å². The van der Waals surface area contributed by atoms with Crippen molar-refractivity contribution in [2.24, 2.45) is 5.92 Å². The second kappa shape index (κ2) is 6.00. The van der Waals surface area contributed by atoms with E-state index in [4.69, 9.17) is 0 Å². The highest BCUT2D eigenvalue weighted by molar-refractivity contribution is 5.80. The minimum atomic E-state index is -0.181. The summed E-state index contributed by atoms with van der Waals surface area (Å²) in [6, 6.07) is 2.06. The molecule has 1 aromatic heterocycles. The van der Waals surface area contributed by atoms with Crippen molar-refractivity contribution in [1.29, 1.82) is 0 Å². The Labute approximate surface area is 127 Å². The monoisotopic (exact) mass is 290 g/mol. The van der Waals surface area contributed by atoms with Gasteiger partial charge in [0, 0.05) is 18.6 Å². The van der Waals surface area contributed by atoms with E-state index in [1.165, 1.54) is 0 Å². The first-order valence-electron chi connectivity index (χ1n) is 7.64. The molecule has 1 unspecified atom stereocenters. The summed E-state index contributed by atoms with van der Waals surface area (Å²) in [5.74, 6) is 1.05. The lowest BCUT2D eigenvalue weighted by Crippen LogP contribution is -2.48. The number of carbonyl (C=O) groups is 1. The van der Waals surface area contributed by atoms with E-state index in [-0.39, 0.29) is 17.4 Å². The third-order valence-electron chi connectivity index (χ3n) is 3.83. The minimum Gasteiger partial charge on any atom is -0.354 e. The standard InChI is InChI=1S/C16H26N4O/c1-11-9-14(19-18-12(11)2)20-8-6-7-13(10-20)15(21)17-16(3,4)5/h9,13H,6-8,10H2,1-5H3,(H,17,21). The van der Waals surface area contributed by atoms with Gasteiger partial charge in [0.05, 0.1) is 11.6 Å². The number of aromatic nitrogens is 2. The van der Waals surface area contributed by atoms with Crippen LogP contribution in [-0.4, -0.2) is 34.7 Å². The van der Waals surface area contributed by atoms with Crippen LogP contribution in [0.3, 0.4) is 0 Å². The molecule has 0 spiro atoms. The summed E-state index contributed by atoms with van der Waals surface area (Å²) < 4.78 is 0. The van der Waals surface area contributed by atoms with Gasteiger partial charge in [0.25, 0.3) is 0 Å². The summed E-state index contributed by atoms with van der Waals surface area (Å²) in [7, 11) is 0. The summed E-state index contributed by atoms with van der Waals surface area (Å²) in [5.41, 5.74) is 1.92.